The first-order chi connectivity index (χ1) is 19.2. The number of nitrogens with one attached hydrogen (secondary N) is 1. The molecular weight excluding hydrogens is 538 g/mol. The lowest BCUT2D eigenvalue weighted by atomic mass is 10.0. The van der Waals surface area contributed by atoms with Gasteiger partial charge in [-0.1, -0.05) is 38.3 Å². The van der Waals surface area contributed by atoms with Gasteiger partial charge in [-0.3, -0.25) is 10.1 Å². The lowest BCUT2D eigenvalue weighted by Crippen LogP contribution is -2.13. The molecule has 0 aliphatic rings. The maximum absolute atomic E-state index is 14.5. The quantitative estimate of drug-likeness (QED) is 0.146. The van der Waals surface area contributed by atoms with E-state index in [4.69, 9.17) is 14.6 Å². The molecule has 3 rings (SSSR count). The Bertz CT molecular complexity index is 1330. The predicted molar refractivity (Wildman–Crippen MR) is 153 cm³/mol. The Morgan fingerprint density at radius 2 is 1.82 bits per heavy atom. The second-order valence-corrected chi connectivity index (χ2v) is 10.1. The number of amides is 1. The largest absolute Gasteiger partial charge is 0.496 e. The monoisotopic (exact) mass is 572 g/mol. The van der Waals surface area contributed by atoms with Crippen LogP contribution < -0.4 is 10.1 Å². The third-order valence-corrected chi connectivity index (χ3v) is 6.98. The first-order valence-corrected chi connectivity index (χ1v) is 14.0. The molecule has 2 N–H and O–H groups in total. The molecule has 3 aromatic rings. The first-order valence-electron chi connectivity index (χ1n) is 13.2. The van der Waals surface area contributed by atoms with Crippen LogP contribution in [0, 0.1) is 11.6 Å². The predicted octanol–water partition coefficient (Wildman–Crippen LogP) is 7.37. The number of anilines is 1. The van der Waals surface area contributed by atoms with E-state index in [1.54, 1.807) is 12.5 Å². The van der Waals surface area contributed by atoms with Gasteiger partial charge in [0, 0.05) is 40.9 Å². The number of nitrogens with zero attached hydrogens (tertiary/aromatic N) is 1. The van der Waals surface area contributed by atoms with Crippen molar-refractivity contribution >= 4 is 34.4 Å². The Kier molecular flexibility index (Phi) is 11.8. The molecule has 0 atom stereocenters. The van der Waals surface area contributed by atoms with Crippen LogP contribution >= 0.6 is 11.3 Å². The smallest absolute Gasteiger partial charge is 0.331 e. The number of rotatable bonds is 15. The SMILES string of the molecule is CCCCCCOCCCc1cccc(-c2csc(NC(=O)c3cc(F)c(C=C(C)C(=O)O)c(F)c3)n2)c1OC. The van der Waals surface area contributed by atoms with Gasteiger partial charge in [0.25, 0.3) is 5.91 Å². The van der Waals surface area contributed by atoms with Gasteiger partial charge in [0.2, 0.25) is 0 Å². The fraction of sp³-hybridized carbons (Fsp3) is 0.367. The van der Waals surface area contributed by atoms with E-state index >= 15 is 0 Å². The molecule has 214 valence electrons. The molecule has 2 aromatic carbocycles. The summed E-state index contributed by atoms with van der Waals surface area (Å²) >= 11 is 1.17. The summed E-state index contributed by atoms with van der Waals surface area (Å²) in [4.78, 5) is 28.2. The highest BCUT2D eigenvalue weighted by Crippen LogP contribution is 2.35. The second kappa shape index (κ2) is 15.2. The van der Waals surface area contributed by atoms with Crippen LogP contribution in [0.1, 0.15) is 67.4 Å². The molecular formula is C30H34F2N2O5S. The van der Waals surface area contributed by atoms with Gasteiger partial charge < -0.3 is 14.6 Å². The lowest BCUT2D eigenvalue weighted by Gasteiger charge is -2.12. The molecule has 0 aliphatic heterocycles. The minimum atomic E-state index is -1.30. The van der Waals surface area contributed by atoms with Crippen LogP contribution in [-0.2, 0) is 16.0 Å². The maximum atomic E-state index is 14.5. The van der Waals surface area contributed by atoms with Gasteiger partial charge in [-0.05, 0) is 56.0 Å². The standard InChI is InChI=1S/C30H34F2N2O5S/c1-4-5-6-7-13-39-14-9-11-20-10-8-12-22(27(20)38-3)26-18-40-30(33-26)34-28(35)21-16-24(31)23(25(32)17-21)15-19(2)29(36)37/h8,10,12,15-18H,4-7,9,11,13-14H2,1-3H3,(H,36,37)(H,33,34,35). The van der Waals surface area contributed by atoms with Crippen LogP contribution in [0.15, 0.2) is 41.3 Å². The van der Waals surface area contributed by atoms with Crippen molar-refractivity contribution in [2.45, 2.75) is 52.4 Å². The molecule has 0 bridgehead atoms. The van der Waals surface area contributed by atoms with Crippen LogP contribution in [0.3, 0.4) is 0 Å². The van der Waals surface area contributed by atoms with Gasteiger partial charge in [0.05, 0.1) is 12.8 Å². The topological polar surface area (TPSA) is 97.8 Å². The molecule has 40 heavy (non-hydrogen) atoms. The highest BCUT2D eigenvalue weighted by Gasteiger charge is 2.18. The van der Waals surface area contributed by atoms with Gasteiger partial charge in [-0.25, -0.2) is 18.6 Å². The molecule has 0 unspecified atom stereocenters. The number of aryl methyl sites for hydroxylation is 1. The van der Waals surface area contributed by atoms with Crippen LogP contribution in [0.5, 0.6) is 5.75 Å². The Morgan fingerprint density at radius 1 is 1.10 bits per heavy atom. The van der Waals surface area contributed by atoms with E-state index in [-0.39, 0.29) is 16.3 Å². The minimum absolute atomic E-state index is 0.240. The van der Waals surface area contributed by atoms with Crippen LogP contribution in [0.25, 0.3) is 17.3 Å². The van der Waals surface area contributed by atoms with Crippen molar-refractivity contribution in [3.63, 3.8) is 0 Å². The number of ether oxygens (including phenoxy) is 2. The third kappa shape index (κ3) is 8.43. The number of halogens is 2. The van der Waals surface area contributed by atoms with Crippen LogP contribution in [-0.4, -0.2) is 42.3 Å². The summed E-state index contributed by atoms with van der Waals surface area (Å²) in [5, 5.41) is 13.5. The molecule has 0 saturated heterocycles. The van der Waals surface area contributed by atoms with E-state index < -0.39 is 29.1 Å². The number of carboxylic acids is 1. The number of benzene rings is 2. The Morgan fingerprint density at radius 3 is 2.50 bits per heavy atom. The zero-order valence-corrected chi connectivity index (χ0v) is 23.7. The minimum Gasteiger partial charge on any atom is -0.496 e. The number of hydrogen-bond donors (Lipinski definition) is 2. The normalized spacial score (nSPS) is 11.5. The van der Waals surface area contributed by atoms with E-state index in [9.17, 15) is 18.4 Å². The van der Waals surface area contributed by atoms with Gasteiger partial charge in [0.1, 0.15) is 17.4 Å². The van der Waals surface area contributed by atoms with Crippen molar-refractivity contribution in [1.29, 1.82) is 0 Å². The number of thiazole rings is 1. The molecule has 0 saturated carbocycles. The van der Waals surface area contributed by atoms with Crippen molar-refractivity contribution in [3.05, 3.63) is 69.6 Å². The van der Waals surface area contributed by atoms with Crippen molar-refractivity contribution < 1.29 is 33.0 Å². The van der Waals surface area contributed by atoms with E-state index in [0.29, 0.717) is 18.1 Å². The molecule has 0 spiro atoms. The van der Waals surface area contributed by atoms with Gasteiger partial charge in [-0.15, -0.1) is 11.3 Å². The third-order valence-electron chi connectivity index (χ3n) is 6.22. The summed E-state index contributed by atoms with van der Waals surface area (Å²) in [5.74, 6) is -3.45. The van der Waals surface area contributed by atoms with Gasteiger partial charge in [0.15, 0.2) is 5.13 Å². The molecule has 1 amide bonds. The number of carboxylic acid groups (broad SMARTS) is 1. The number of para-hydroxylation sites is 1. The Labute approximate surface area is 236 Å². The summed E-state index contributed by atoms with van der Waals surface area (Å²) in [5.41, 5.74) is 1.34. The van der Waals surface area contributed by atoms with Crippen molar-refractivity contribution in [2.75, 3.05) is 25.6 Å². The zero-order valence-electron chi connectivity index (χ0n) is 22.9. The molecule has 0 aliphatic carbocycles. The summed E-state index contributed by atoms with van der Waals surface area (Å²) < 4.78 is 40.4. The fourth-order valence-corrected chi connectivity index (χ4v) is 4.78. The number of carbonyl (C=O) groups is 2. The number of methoxy groups -OCH3 is 1. The molecule has 7 nitrogen and oxygen atoms in total. The van der Waals surface area contributed by atoms with E-state index in [1.807, 2.05) is 18.2 Å². The summed E-state index contributed by atoms with van der Waals surface area (Å²) in [6, 6.07) is 7.51. The number of hydrogen-bond acceptors (Lipinski definition) is 6. The lowest BCUT2D eigenvalue weighted by molar-refractivity contribution is -0.132. The van der Waals surface area contributed by atoms with Crippen molar-refractivity contribution in [2.24, 2.45) is 0 Å². The Hall–Kier alpha value is -3.63. The van der Waals surface area contributed by atoms with Crippen LogP contribution in [0.2, 0.25) is 0 Å². The highest BCUT2D eigenvalue weighted by atomic mass is 32.1. The average Bonchev–Trinajstić information content (AvgIpc) is 3.39. The van der Waals surface area contributed by atoms with Crippen LogP contribution in [0.4, 0.5) is 13.9 Å². The Balaban J connectivity index is 1.67. The van der Waals surface area contributed by atoms with Gasteiger partial charge in [-0.2, -0.15) is 0 Å². The maximum Gasteiger partial charge on any atom is 0.331 e. The molecule has 1 aromatic heterocycles. The summed E-state index contributed by atoms with van der Waals surface area (Å²) in [7, 11) is 1.60. The summed E-state index contributed by atoms with van der Waals surface area (Å²) in [6.45, 7) is 4.85. The number of unbranched alkanes of at least 4 members (excludes halogenated alkanes) is 3. The fourth-order valence-electron chi connectivity index (χ4n) is 4.08. The average molecular weight is 573 g/mol. The molecule has 0 fully saturated rings. The van der Waals surface area contributed by atoms with E-state index in [1.165, 1.54) is 37.5 Å². The molecule has 0 radical (unpaired) electrons. The van der Waals surface area contributed by atoms with E-state index in [2.05, 4.69) is 17.2 Å². The number of carbonyl (C=O) groups excluding carboxylic acids is 1. The van der Waals surface area contributed by atoms with Gasteiger partial charge >= 0.3 is 5.97 Å². The molecule has 10 heteroatoms. The summed E-state index contributed by atoms with van der Waals surface area (Å²) in [6.07, 6.45) is 7.20. The second-order valence-electron chi connectivity index (χ2n) is 9.25. The highest BCUT2D eigenvalue weighted by molar-refractivity contribution is 7.14. The number of aromatic nitrogens is 1. The van der Waals surface area contributed by atoms with Crippen molar-refractivity contribution in [3.8, 4) is 17.0 Å². The molecule has 1 heterocycles. The van der Waals surface area contributed by atoms with Crippen molar-refractivity contribution in [1.82, 2.24) is 4.98 Å². The number of aliphatic carboxylic acids is 1. The zero-order chi connectivity index (χ0) is 29.1. The van der Waals surface area contributed by atoms with E-state index in [0.717, 1.165) is 55.2 Å². The first kappa shape index (κ1) is 30.9.